The molecule has 0 saturated heterocycles. The fourth-order valence-electron chi connectivity index (χ4n) is 2.40. The van der Waals surface area contributed by atoms with Crippen LogP contribution < -0.4 is 15.4 Å². The minimum absolute atomic E-state index is 0.00665. The number of carbonyl (C=O) groups excluding carboxylic acids is 2. The summed E-state index contributed by atoms with van der Waals surface area (Å²) in [5.41, 5.74) is 0. The molecule has 10 heteroatoms. The molecule has 1 heterocycles. The number of urea groups is 1. The van der Waals surface area contributed by atoms with Crippen LogP contribution in [0.3, 0.4) is 0 Å². The third-order valence-electron chi connectivity index (χ3n) is 4.10. The van der Waals surface area contributed by atoms with Crippen LogP contribution in [0.4, 0.5) is 9.18 Å². The van der Waals surface area contributed by atoms with Gasteiger partial charge in [-0.15, -0.1) is 16.8 Å². The number of carbonyl (C=O) groups is 2. The van der Waals surface area contributed by atoms with Crippen molar-refractivity contribution < 1.29 is 18.7 Å². The molecule has 0 bridgehead atoms. The first-order valence-corrected chi connectivity index (χ1v) is 10.0. The number of hydrogen-bond acceptors (Lipinski definition) is 6. The molecule has 0 radical (unpaired) electrons. The molecule has 2 aromatic rings. The Labute approximate surface area is 171 Å². The summed E-state index contributed by atoms with van der Waals surface area (Å²) in [5, 5.41) is 13.1. The van der Waals surface area contributed by atoms with Gasteiger partial charge in [-0.25, -0.2) is 9.18 Å². The molecule has 1 unspecified atom stereocenters. The lowest BCUT2D eigenvalue weighted by Crippen LogP contribution is -2.43. The second kappa shape index (κ2) is 9.55. The van der Waals surface area contributed by atoms with Gasteiger partial charge in [0.2, 0.25) is 5.91 Å². The number of thioether (sulfide) groups is 1. The third kappa shape index (κ3) is 5.80. The summed E-state index contributed by atoms with van der Waals surface area (Å²) in [7, 11) is 0. The molecule has 1 atom stereocenters. The van der Waals surface area contributed by atoms with E-state index < -0.39 is 23.0 Å². The molecule has 3 rings (SSSR count). The Morgan fingerprint density at radius 1 is 1.41 bits per heavy atom. The minimum atomic E-state index is -0.576. The van der Waals surface area contributed by atoms with Crippen LogP contribution in [0.15, 0.2) is 42.1 Å². The molecule has 1 aromatic heterocycles. The summed E-state index contributed by atoms with van der Waals surface area (Å²) in [6.45, 7) is 5.79. The molecule has 3 amide bonds. The van der Waals surface area contributed by atoms with E-state index in [4.69, 9.17) is 4.74 Å². The molecule has 0 spiro atoms. The summed E-state index contributed by atoms with van der Waals surface area (Å²) in [4.78, 5) is 24.0. The summed E-state index contributed by atoms with van der Waals surface area (Å²) in [6.07, 6.45) is 3.54. The van der Waals surface area contributed by atoms with E-state index in [1.54, 1.807) is 29.7 Å². The molecule has 0 aliphatic heterocycles. The van der Waals surface area contributed by atoms with Crippen molar-refractivity contribution in [2.45, 2.75) is 49.4 Å². The van der Waals surface area contributed by atoms with Gasteiger partial charge in [0.1, 0.15) is 6.61 Å². The predicted octanol–water partition coefficient (Wildman–Crippen LogP) is 2.65. The SMILES string of the molecule is C=CCn1c(COc2ccccc2F)nnc1SC(C)C(=O)NC(=O)NC1CC1. The maximum atomic E-state index is 13.7. The van der Waals surface area contributed by atoms with E-state index in [1.165, 1.54) is 12.1 Å². The van der Waals surface area contributed by atoms with Crippen LogP contribution in [0.5, 0.6) is 5.75 Å². The van der Waals surface area contributed by atoms with Crippen molar-refractivity contribution in [1.82, 2.24) is 25.4 Å². The molecule has 1 aliphatic carbocycles. The van der Waals surface area contributed by atoms with Crippen molar-refractivity contribution in [3.05, 3.63) is 48.6 Å². The average Bonchev–Trinajstić information content (AvgIpc) is 3.42. The second-order valence-electron chi connectivity index (χ2n) is 6.51. The lowest BCUT2D eigenvalue weighted by Gasteiger charge is -2.13. The Kier molecular flexibility index (Phi) is 6.86. The quantitative estimate of drug-likeness (QED) is 0.479. The molecular formula is C19H22FN5O3S. The van der Waals surface area contributed by atoms with Crippen LogP contribution in [0.2, 0.25) is 0 Å². The summed E-state index contributed by atoms with van der Waals surface area (Å²) in [6, 6.07) is 5.76. The van der Waals surface area contributed by atoms with Crippen molar-refractivity contribution in [1.29, 1.82) is 0 Å². The number of nitrogens with zero attached hydrogens (tertiary/aromatic N) is 3. The third-order valence-corrected chi connectivity index (χ3v) is 5.18. The standard InChI is InChI=1S/C19H22FN5O3S/c1-3-10-25-16(11-28-15-7-5-4-6-14(15)20)23-24-19(25)29-12(2)17(26)22-18(27)21-13-8-9-13/h3-7,12-13H,1,8-11H2,2H3,(H2,21,22,26,27). The molecular weight excluding hydrogens is 397 g/mol. The largest absolute Gasteiger partial charge is 0.483 e. The lowest BCUT2D eigenvalue weighted by atomic mass is 10.3. The normalized spacial score (nSPS) is 14.1. The number of allylic oxidation sites excluding steroid dienone is 1. The first-order chi connectivity index (χ1) is 14.0. The zero-order valence-corrected chi connectivity index (χ0v) is 16.7. The zero-order valence-electron chi connectivity index (χ0n) is 15.9. The molecule has 29 heavy (non-hydrogen) atoms. The first-order valence-electron chi connectivity index (χ1n) is 9.16. The first kappa shape index (κ1) is 20.8. The van der Waals surface area contributed by atoms with Crippen molar-refractivity contribution in [3.8, 4) is 5.75 Å². The molecule has 1 fully saturated rings. The Balaban J connectivity index is 1.62. The lowest BCUT2D eigenvalue weighted by molar-refractivity contribution is -0.119. The number of benzene rings is 1. The second-order valence-corrected chi connectivity index (χ2v) is 7.82. The Bertz CT molecular complexity index is 900. The van der Waals surface area contributed by atoms with E-state index in [2.05, 4.69) is 27.4 Å². The van der Waals surface area contributed by atoms with E-state index in [-0.39, 0.29) is 18.4 Å². The number of aromatic nitrogens is 3. The van der Waals surface area contributed by atoms with Crippen LogP contribution in [0.25, 0.3) is 0 Å². The van der Waals surface area contributed by atoms with Crippen LogP contribution in [0.1, 0.15) is 25.6 Å². The van der Waals surface area contributed by atoms with Crippen molar-refractivity contribution in [2.75, 3.05) is 0 Å². The number of rotatable bonds is 9. The van der Waals surface area contributed by atoms with Gasteiger partial charge in [-0.3, -0.25) is 14.7 Å². The number of para-hydroxylation sites is 1. The van der Waals surface area contributed by atoms with E-state index in [1.807, 2.05) is 0 Å². The van der Waals surface area contributed by atoms with Gasteiger partial charge in [-0.05, 0) is 31.9 Å². The van der Waals surface area contributed by atoms with Gasteiger partial charge < -0.3 is 10.1 Å². The molecule has 8 nitrogen and oxygen atoms in total. The van der Waals surface area contributed by atoms with Crippen molar-refractivity contribution in [3.63, 3.8) is 0 Å². The van der Waals surface area contributed by atoms with Crippen LogP contribution in [0, 0.1) is 5.82 Å². The number of ether oxygens (including phenoxy) is 1. The number of imide groups is 1. The molecule has 1 aromatic carbocycles. The zero-order chi connectivity index (χ0) is 20.8. The van der Waals surface area contributed by atoms with Gasteiger partial charge >= 0.3 is 6.03 Å². The highest BCUT2D eigenvalue weighted by molar-refractivity contribution is 8.00. The van der Waals surface area contributed by atoms with Gasteiger partial charge in [-0.1, -0.05) is 30.0 Å². The number of amides is 3. The molecule has 154 valence electrons. The smallest absolute Gasteiger partial charge is 0.321 e. The highest BCUT2D eigenvalue weighted by Crippen LogP contribution is 2.24. The van der Waals surface area contributed by atoms with E-state index >= 15 is 0 Å². The fourth-order valence-corrected chi connectivity index (χ4v) is 3.28. The Hall–Kier alpha value is -2.88. The summed E-state index contributed by atoms with van der Waals surface area (Å²) in [5.74, 6) is -0.309. The van der Waals surface area contributed by atoms with Crippen LogP contribution >= 0.6 is 11.8 Å². The van der Waals surface area contributed by atoms with Crippen LogP contribution in [-0.4, -0.2) is 38.0 Å². The highest BCUT2D eigenvalue weighted by atomic mass is 32.2. The van der Waals surface area contributed by atoms with E-state index in [0.717, 1.165) is 24.6 Å². The molecule has 2 N–H and O–H groups in total. The molecule has 1 aliphatic rings. The maximum absolute atomic E-state index is 13.7. The van der Waals surface area contributed by atoms with E-state index in [0.29, 0.717) is 17.5 Å². The van der Waals surface area contributed by atoms with Gasteiger partial charge in [0.05, 0.1) is 5.25 Å². The Morgan fingerprint density at radius 3 is 2.86 bits per heavy atom. The van der Waals surface area contributed by atoms with Crippen molar-refractivity contribution in [2.24, 2.45) is 0 Å². The van der Waals surface area contributed by atoms with Gasteiger partial charge in [0.15, 0.2) is 22.5 Å². The maximum Gasteiger partial charge on any atom is 0.321 e. The minimum Gasteiger partial charge on any atom is -0.483 e. The van der Waals surface area contributed by atoms with Gasteiger partial charge in [0.25, 0.3) is 0 Å². The van der Waals surface area contributed by atoms with Gasteiger partial charge in [0, 0.05) is 12.6 Å². The molecule has 1 saturated carbocycles. The number of halogens is 1. The van der Waals surface area contributed by atoms with Gasteiger partial charge in [-0.2, -0.15) is 0 Å². The number of nitrogens with one attached hydrogen (secondary N) is 2. The summed E-state index contributed by atoms with van der Waals surface area (Å²) < 4.78 is 21.0. The highest BCUT2D eigenvalue weighted by Gasteiger charge is 2.26. The topological polar surface area (TPSA) is 98.1 Å². The van der Waals surface area contributed by atoms with Crippen LogP contribution in [-0.2, 0) is 17.9 Å². The average molecular weight is 419 g/mol. The number of hydrogen-bond donors (Lipinski definition) is 2. The Morgan fingerprint density at radius 2 is 2.17 bits per heavy atom. The van der Waals surface area contributed by atoms with E-state index in [9.17, 15) is 14.0 Å². The fraction of sp³-hybridized carbons (Fsp3) is 0.368. The monoisotopic (exact) mass is 419 g/mol. The summed E-state index contributed by atoms with van der Waals surface area (Å²) >= 11 is 1.16. The van der Waals surface area contributed by atoms with Crippen molar-refractivity contribution >= 4 is 23.7 Å². The predicted molar refractivity (Wildman–Crippen MR) is 106 cm³/mol.